The third-order valence-corrected chi connectivity index (χ3v) is 3.97. The van der Waals surface area contributed by atoms with Gasteiger partial charge in [0.05, 0.1) is 5.56 Å². The SMILES string of the molecule is C#CC[C@@H](NC(=O)c1c2ccccc2cc2ccccc12)C(N)=O. The van der Waals surface area contributed by atoms with Crippen LogP contribution in [0.2, 0.25) is 0 Å². The second kappa shape index (κ2) is 6.43. The normalized spacial score (nSPS) is 11.8. The van der Waals surface area contributed by atoms with Crippen molar-refractivity contribution in [2.45, 2.75) is 12.5 Å². The molecule has 0 aliphatic rings. The van der Waals surface area contributed by atoms with Crippen molar-refractivity contribution in [2.24, 2.45) is 5.73 Å². The Bertz CT molecular complexity index is 932. The first-order chi connectivity index (χ1) is 11.6. The number of hydrogen-bond donors (Lipinski definition) is 2. The molecule has 0 aromatic heterocycles. The van der Waals surface area contributed by atoms with Crippen LogP contribution in [0.25, 0.3) is 21.5 Å². The van der Waals surface area contributed by atoms with Crippen LogP contribution < -0.4 is 11.1 Å². The van der Waals surface area contributed by atoms with Crippen molar-refractivity contribution in [3.05, 3.63) is 60.2 Å². The zero-order chi connectivity index (χ0) is 17.1. The van der Waals surface area contributed by atoms with Crippen LogP contribution in [-0.2, 0) is 4.79 Å². The maximum Gasteiger partial charge on any atom is 0.253 e. The smallest absolute Gasteiger partial charge is 0.253 e. The predicted molar refractivity (Wildman–Crippen MR) is 95.4 cm³/mol. The molecule has 2 amide bonds. The van der Waals surface area contributed by atoms with Crippen molar-refractivity contribution in [1.29, 1.82) is 0 Å². The minimum atomic E-state index is -0.889. The van der Waals surface area contributed by atoms with Gasteiger partial charge in [0.2, 0.25) is 5.91 Å². The van der Waals surface area contributed by atoms with Gasteiger partial charge in [0, 0.05) is 6.42 Å². The number of nitrogens with one attached hydrogen (secondary N) is 1. The van der Waals surface area contributed by atoms with E-state index in [0.717, 1.165) is 21.5 Å². The third-order valence-electron chi connectivity index (χ3n) is 3.97. The number of amides is 2. The van der Waals surface area contributed by atoms with Crippen LogP contribution >= 0.6 is 0 Å². The van der Waals surface area contributed by atoms with Gasteiger partial charge in [-0.2, -0.15) is 0 Å². The lowest BCUT2D eigenvalue weighted by Gasteiger charge is -2.16. The third kappa shape index (κ3) is 2.80. The highest BCUT2D eigenvalue weighted by atomic mass is 16.2. The molecule has 0 aliphatic carbocycles. The Kier molecular flexibility index (Phi) is 4.17. The molecule has 1 atom stereocenters. The molecule has 0 saturated heterocycles. The van der Waals surface area contributed by atoms with E-state index >= 15 is 0 Å². The molecule has 3 aromatic carbocycles. The highest BCUT2D eigenvalue weighted by Crippen LogP contribution is 2.28. The lowest BCUT2D eigenvalue weighted by molar-refractivity contribution is -0.119. The van der Waals surface area contributed by atoms with Crippen molar-refractivity contribution in [3.63, 3.8) is 0 Å². The molecule has 0 saturated carbocycles. The van der Waals surface area contributed by atoms with Crippen molar-refractivity contribution in [2.75, 3.05) is 0 Å². The fourth-order valence-corrected chi connectivity index (χ4v) is 2.83. The number of fused-ring (bicyclic) bond motifs is 2. The van der Waals surface area contributed by atoms with Gasteiger partial charge in [-0.05, 0) is 27.6 Å². The predicted octanol–water partition coefficient (Wildman–Crippen LogP) is 2.60. The van der Waals surface area contributed by atoms with E-state index in [1.165, 1.54) is 0 Å². The van der Waals surface area contributed by atoms with E-state index in [1.807, 2.05) is 54.6 Å². The monoisotopic (exact) mass is 316 g/mol. The number of rotatable bonds is 4. The van der Waals surface area contributed by atoms with Crippen LogP contribution in [0.15, 0.2) is 54.6 Å². The summed E-state index contributed by atoms with van der Waals surface area (Å²) in [4.78, 5) is 24.4. The van der Waals surface area contributed by atoms with Crippen molar-refractivity contribution in [3.8, 4) is 12.3 Å². The summed E-state index contributed by atoms with van der Waals surface area (Å²) in [6.45, 7) is 0. The van der Waals surface area contributed by atoms with Crippen LogP contribution in [0.1, 0.15) is 16.8 Å². The molecule has 0 unspecified atom stereocenters. The zero-order valence-electron chi connectivity index (χ0n) is 13.0. The average molecular weight is 316 g/mol. The van der Waals surface area contributed by atoms with Crippen LogP contribution in [0.3, 0.4) is 0 Å². The fourth-order valence-electron chi connectivity index (χ4n) is 2.83. The quantitative estimate of drug-likeness (QED) is 0.573. The van der Waals surface area contributed by atoms with Crippen molar-refractivity contribution >= 4 is 33.4 Å². The minimum Gasteiger partial charge on any atom is -0.368 e. The maximum atomic E-state index is 12.9. The van der Waals surface area contributed by atoms with E-state index in [9.17, 15) is 9.59 Å². The summed E-state index contributed by atoms with van der Waals surface area (Å²) in [6, 6.07) is 16.4. The lowest BCUT2D eigenvalue weighted by Crippen LogP contribution is -2.44. The Labute approximate surface area is 139 Å². The molecule has 0 bridgehead atoms. The highest BCUT2D eigenvalue weighted by Gasteiger charge is 2.21. The number of nitrogens with two attached hydrogens (primary N) is 1. The van der Waals surface area contributed by atoms with Gasteiger partial charge in [-0.25, -0.2) is 0 Å². The lowest BCUT2D eigenvalue weighted by atomic mass is 9.96. The highest BCUT2D eigenvalue weighted by molar-refractivity contribution is 6.18. The Morgan fingerprint density at radius 3 is 2.08 bits per heavy atom. The number of terminal acetylenes is 1. The maximum absolute atomic E-state index is 12.9. The van der Waals surface area contributed by atoms with Gasteiger partial charge in [0.1, 0.15) is 6.04 Å². The van der Waals surface area contributed by atoms with E-state index < -0.39 is 11.9 Å². The number of primary amides is 1. The molecule has 0 radical (unpaired) electrons. The summed E-state index contributed by atoms with van der Waals surface area (Å²) < 4.78 is 0. The van der Waals surface area contributed by atoms with Crippen LogP contribution in [0, 0.1) is 12.3 Å². The Morgan fingerprint density at radius 2 is 1.58 bits per heavy atom. The summed E-state index contributed by atoms with van der Waals surface area (Å²) in [7, 11) is 0. The van der Waals surface area contributed by atoms with Gasteiger partial charge in [-0.3, -0.25) is 9.59 Å². The Balaban J connectivity index is 2.17. The zero-order valence-corrected chi connectivity index (χ0v) is 13.0. The molecule has 0 spiro atoms. The van der Waals surface area contributed by atoms with E-state index in [4.69, 9.17) is 12.2 Å². The molecule has 3 N–H and O–H groups in total. The largest absolute Gasteiger partial charge is 0.368 e. The van der Waals surface area contributed by atoms with Gasteiger partial charge in [0.25, 0.3) is 5.91 Å². The molecule has 4 heteroatoms. The van der Waals surface area contributed by atoms with Crippen LogP contribution in [0.5, 0.6) is 0 Å². The Hall–Kier alpha value is -3.32. The minimum absolute atomic E-state index is 0.0593. The molecule has 24 heavy (non-hydrogen) atoms. The second-order valence-corrected chi connectivity index (χ2v) is 5.53. The van der Waals surface area contributed by atoms with E-state index in [1.54, 1.807) is 0 Å². The molecule has 0 heterocycles. The van der Waals surface area contributed by atoms with Crippen molar-refractivity contribution < 1.29 is 9.59 Å². The number of carbonyl (C=O) groups is 2. The standard InChI is InChI=1S/C20H16N2O2/c1-2-7-17(19(21)23)22-20(24)18-15-10-5-3-8-13(15)12-14-9-4-6-11-16(14)18/h1,3-6,8-12,17H,7H2,(H2,21,23)(H,22,24)/t17-/m1/s1. The van der Waals surface area contributed by atoms with Crippen LogP contribution in [-0.4, -0.2) is 17.9 Å². The molecule has 3 aromatic rings. The molecular formula is C20H16N2O2. The van der Waals surface area contributed by atoms with Gasteiger partial charge < -0.3 is 11.1 Å². The van der Waals surface area contributed by atoms with Gasteiger partial charge in [-0.1, -0.05) is 48.5 Å². The molecule has 4 nitrogen and oxygen atoms in total. The summed E-state index contributed by atoms with van der Waals surface area (Å²) in [6.07, 6.45) is 5.31. The summed E-state index contributed by atoms with van der Waals surface area (Å²) in [5.41, 5.74) is 5.85. The topological polar surface area (TPSA) is 72.2 Å². The summed E-state index contributed by atoms with van der Waals surface area (Å²) in [5, 5.41) is 6.20. The first-order valence-electron chi connectivity index (χ1n) is 7.56. The molecule has 0 aliphatic heterocycles. The number of benzene rings is 3. The van der Waals surface area contributed by atoms with E-state index in [0.29, 0.717) is 5.56 Å². The number of carbonyl (C=O) groups excluding carboxylic acids is 2. The average Bonchev–Trinajstić information content (AvgIpc) is 2.58. The van der Waals surface area contributed by atoms with Gasteiger partial charge >= 0.3 is 0 Å². The summed E-state index contributed by atoms with van der Waals surface area (Å²) in [5.74, 6) is 1.36. The van der Waals surface area contributed by atoms with Gasteiger partial charge in [-0.15, -0.1) is 12.3 Å². The van der Waals surface area contributed by atoms with E-state index in [2.05, 4.69) is 11.2 Å². The fraction of sp³-hybridized carbons (Fsp3) is 0.100. The number of hydrogen-bond acceptors (Lipinski definition) is 2. The first kappa shape index (κ1) is 15.6. The summed E-state index contributed by atoms with van der Waals surface area (Å²) >= 11 is 0. The van der Waals surface area contributed by atoms with Gasteiger partial charge in [0.15, 0.2) is 0 Å². The second-order valence-electron chi connectivity index (χ2n) is 5.53. The molecular weight excluding hydrogens is 300 g/mol. The molecule has 118 valence electrons. The first-order valence-corrected chi connectivity index (χ1v) is 7.56. The van der Waals surface area contributed by atoms with E-state index in [-0.39, 0.29) is 12.3 Å². The van der Waals surface area contributed by atoms with Crippen molar-refractivity contribution in [1.82, 2.24) is 5.32 Å². The molecule has 3 rings (SSSR count). The van der Waals surface area contributed by atoms with Crippen LogP contribution in [0.4, 0.5) is 0 Å². The Morgan fingerprint density at radius 1 is 1.04 bits per heavy atom. The molecule has 0 fully saturated rings.